The minimum atomic E-state index is 0.623. The van der Waals surface area contributed by atoms with Crippen molar-refractivity contribution >= 4 is 22.7 Å². The number of fused-ring (bicyclic) bond motifs is 1. The van der Waals surface area contributed by atoms with Crippen LogP contribution >= 0.6 is 0 Å². The lowest BCUT2D eigenvalue weighted by Gasteiger charge is -2.01. The average Bonchev–Trinajstić information content (AvgIpc) is 2.53. The van der Waals surface area contributed by atoms with Gasteiger partial charge in [-0.25, -0.2) is 0 Å². The van der Waals surface area contributed by atoms with Crippen LogP contribution in [0.25, 0.3) is 10.8 Å². The monoisotopic (exact) mass is 256 g/mol. The number of hydrogen-bond acceptors (Lipinski definition) is 2. The first kappa shape index (κ1) is 12.1. The predicted octanol–water partition coefficient (Wildman–Crippen LogP) is 4.46. The third-order valence-electron chi connectivity index (χ3n) is 3.15. The zero-order chi connectivity index (χ0) is 13.8. The molecular formula is C18H12N2. The summed E-state index contributed by atoms with van der Waals surface area (Å²) in [6.07, 6.45) is 1.85. The first-order chi connectivity index (χ1) is 9.86. The molecule has 3 rings (SSSR count). The molecule has 0 bridgehead atoms. The predicted molar refractivity (Wildman–Crippen MR) is 82.4 cm³/mol. The van der Waals surface area contributed by atoms with E-state index in [1.807, 2.05) is 42.6 Å². The van der Waals surface area contributed by atoms with Gasteiger partial charge in [0.25, 0.3) is 0 Å². The van der Waals surface area contributed by atoms with Crippen LogP contribution in [-0.2, 0) is 0 Å². The summed E-state index contributed by atoms with van der Waals surface area (Å²) in [4.78, 5) is 4.46. The molecule has 0 aromatic heterocycles. The van der Waals surface area contributed by atoms with Gasteiger partial charge in [-0.2, -0.15) is 5.26 Å². The van der Waals surface area contributed by atoms with Crippen molar-refractivity contribution in [2.45, 2.75) is 0 Å². The lowest BCUT2D eigenvalue weighted by Crippen LogP contribution is -1.83. The summed E-state index contributed by atoms with van der Waals surface area (Å²) in [7, 11) is 0. The second-order valence-corrected chi connectivity index (χ2v) is 4.49. The molecule has 0 spiro atoms. The molecule has 0 aliphatic rings. The zero-order valence-corrected chi connectivity index (χ0v) is 10.8. The summed E-state index contributed by atoms with van der Waals surface area (Å²) in [5.74, 6) is 0. The SMILES string of the molecule is N#Cc1cccc(N=Cc2cccc3ccccc23)c1. The fourth-order valence-corrected chi connectivity index (χ4v) is 2.16. The van der Waals surface area contributed by atoms with E-state index in [4.69, 9.17) is 5.26 Å². The highest BCUT2D eigenvalue weighted by Crippen LogP contribution is 2.19. The molecule has 2 heteroatoms. The van der Waals surface area contributed by atoms with Gasteiger partial charge in [0.05, 0.1) is 17.3 Å². The van der Waals surface area contributed by atoms with E-state index < -0.39 is 0 Å². The standard InChI is InChI=1S/C18H12N2/c19-12-14-5-3-9-17(11-14)20-13-16-8-4-7-15-6-1-2-10-18(15)16/h1-11,13H. The first-order valence-electron chi connectivity index (χ1n) is 6.39. The van der Waals surface area contributed by atoms with E-state index in [0.717, 1.165) is 11.3 Å². The molecule has 0 atom stereocenters. The molecule has 0 amide bonds. The molecule has 0 aliphatic heterocycles. The molecule has 3 aromatic carbocycles. The Hall–Kier alpha value is -2.92. The van der Waals surface area contributed by atoms with E-state index >= 15 is 0 Å². The number of hydrogen-bond donors (Lipinski definition) is 0. The van der Waals surface area contributed by atoms with Crippen molar-refractivity contribution in [3.63, 3.8) is 0 Å². The van der Waals surface area contributed by atoms with E-state index in [9.17, 15) is 0 Å². The average molecular weight is 256 g/mol. The number of aliphatic imine (C=N–C) groups is 1. The number of nitrogens with zero attached hydrogens (tertiary/aromatic N) is 2. The Labute approximate surface area is 117 Å². The fraction of sp³-hybridized carbons (Fsp3) is 0. The summed E-state index contributed by atoms with van der Waals surface area (Å²) in [6, 6.07) is 23.8. The maximum Gasteiger partial charge on any atom is 0.0992 e. The second kappa shape index (κ2) is 5.38. The summed E-state index contributed by atoms with van der Waals surface area (Å²) in [5.41, 5.74) is 2.49. The topological polar surface area (TPSA) is 36.1 Å². The van der Waals surface area contributed by atoms with Gasteiger partial charge in [0.2, 0.25) is 0 Å². The molecule has 0 N–H and O–H groups in total. The molecule has 0 saturated carbocycles. The Balaban J connectivity index is 2.00. The maximum absolute atomic E-state index is 8.89. The van der Waals surface area contributed by atoms with Crippen molar-refractivity contribution < 1.29 is 0 Å². The normalized spacial score (nSPS) is 10.8. The van der Waals surface area contributed by atoms with Crippen molar-refractivity contribution in [3.8, 4) is 6.07 Å². The molecular weight excluding hydrogens is 244 g/mol. The molecule has 0 fully saturated rings. The van der Waals surface area contributed by atoms with Crippen LogP contribution in [0.3, 0.4) is 0 Å². The van der Waals surface area contributed by atoms with E-state index in [2.05, 4.69) is 29.3 Å². The molecule has 20 heavy (non-hydrogen) atoms. The van der Waals surface area contributed by atoms with Crippen LogP contribution in [0.4, 0.5) is 5.69 Å². The molecule has 0 radical (unpaired) electrons. The molecule has 3 aromatic rings. The Morgan fingerprint density at radius 1 is 0.900 bits per heavy atom. The summed E-state index contributed by atoms with van der Waals surface area (Å²) < 4.78 is 0. The van der Waals surface area contributed by atoms with Crippen LogP contribution in [0.1, 0.15) is 11.1 Å². The molecule has 0 unspecified atom stereocenters. The van der Waals surface area contributed by atoms with Crippen molar-refractivity contribution in [3.05, 3.63) is 77.9 Å². The quantitative estimate of drug-likeness (QED) is 0.623. The van der Waals surface area contributed by atoms with Gasteiger partial charge in [-0.05, 0) is 29.0 Å². The van der Waals surface area contributed by atoms with Crippen molar-refractivity contribution in [2.24, 2.45) is 4.99 Å². The third kappa shape index (κ3) is 2.43. The van der Waals surface area contributed by atoms with Crippen LogP contribution < -0.4 is 0 Å². The number of nitriles is 1. The summed E-state index contributed by atoms with van der Waals surface area (Å²) >= 11 is 0. The molecule has 0 heterocycles. The van der Waals surface area contributed by atoms with Crippen molar-refractivity contribution in [1.82, 2.24) is 0 Å². The molecule has 0 saturated heterocycles. The van der Waals surface area contributed by atoms with Gasteiger partial charge in [0.15, 0.2) is 0 Å². The van der Waals surface area contributed by atoms with E-state index in [0.29, 0.717) is 5.56 Å². The Bertz CT molecular complexity index is 821. The molecule has 0 aliphatic carbocycles. The van der Waals surface area contributed by atoms with Gasteiger partial charge >= 0.3 is 0 Å². The van der Waals surface area contributed by atoms with Gasteiger partial charge in [-0.1, -0.05) is 48.5 Å². The van der Waals surface area contributed by atoms with Crippen LogP contribution in [0, 0.1) is 11.3 Å². The third-order valence-corrected chi connectivity index (χ3v) is 3.15. The van der Waals surface area contributed by atoms with E-state index in [1.165, 1.54) is 10.8 Å². The number of rotatable bonds is 2. The Morgan fingerprint density at radius 2 is 1.70 bits per heavy atom. The smallest absolute Gasteiger partial charge is 0.0992 e. The highest BCUT2D eigenvalue weighted by molar-refractivity contribution is 6.00. The minimum absolute atomic E-state index is 0.623. The highest BCUT2D eigenvalue weighted by Gasteiger charge is 1.97. The lowest BCUT2D eigenvalue weighted by molar-refractivity contribution is 1.46. The maximum atomic E-state index is 8.89. The summed E-state index contributed by atoms with van der Waals surface area (Å²) in [6.45, 7) is 0. The van der Waals surface area contributed by atoms with Gasteiger partial charge < -0.3 is 0 Å². The van der Waals surface area contributed by atoms with E-state index in [1.54, 1.807) is 12.1 Å². The van der Waals surface area contributed by atoms with E-state index in [-0.39, 0.29) is 0 Å². The van der Waals surface area contributed by atoms with Crippen molar-refractivity contribution in [2.75, 3.05) is 0 Å². The van der Waals surface area contributed by atoms with Gasteiger partial charge in [-0.15, -0.1) is 0 Å². The summed E-state index contributed by atoms with van der Waals surface area (Å²) in [5, 5.41) is 11.3. The Kier molecular flexibility index (Phi) is 3.26. The van der Waals surface area contributed by atoms with Gasteiger partial charge in [0.1, 0.15) is 0 Å². The highest BCUT2D eigenvalue weighted by atomic mass is 14.7. The molecule has 94 valence electrons. The van der Waals surface area contributed by atoms with Crippen LogP contribution in [-0.4, -0.2) is 6.21 Å². The largest absolute Gasteiger partial charge is 0.256 e. The van der Waals surface area contributed by atoms with Crippen LogP contribution in [0.5, 0.6) is 0 Å². The van der Waals surface area contributed by atoms with Gasteiger partial charge in [0, 0.05) is 11.8 Å². The van der Waals surface area contributed by atoms with Crippen LogP contribution in [0.2, 0.25) is 0 Å². The minimum Gasteiger partial charge on any atom is -0.256 e. The molecule has 2 nitrogen and oxygen atoms in total. The number of benzene rings is 3. The van der Waals surface area contributed by atoms with Gasteiger partial charge in [-0.3, -0.25) is 4.99 Å². The first-order valence-corrected chi connectivity index (χ1v) is 6.39. The second-order valence-electron chi connectivity index (χ2n) is 4.49. The lowest BCUT2D eigenvalue weighted by atomic mass is 10.1. The zero-order valence-electron chi connectivity index (χ0n) is 10.8. The Morgan fingerprint density at radius 3 is 2.60 bits per heavy atom. The fourth-order valence-electron chi connectivity index (χ4n) is 2.16. The van der Waals surface area contributed by atoms with Crippen LogP contribution in [0.15, 0.2) is 71.7 Å². The van der Waals surface area contributed by atoms with Crippen molar-refractivity contribution in [1.29, 1.82) is 5.26 Å².